The number of hydrogen-bond donors (Lipinski definition) is 1. The van der Waals surface area contributed by atoms with Gasteiger partial charge in [0, 0.05) is 47.8 Å². The Morgan fingerprint density at radius 3 is 2.67 bits per heavy atom. The van der Waals surface area contributed by atoms with E-state index in [2.05, 4.69) is 16.3 Å². The van der Waals surface area contributed by atoms with Crippen molar-refractivity contribution in [3.05, 3.63) is 39.2 Å². The first-order chi connectivity index (χ1) is 12.8. The van der Waals surface area contributed by atoms with Crippen LogP contribution in [0.3, 0.4) is 0 Å². The van der Waals surface area contributed by atoms with E-state index in [1.54, 1.807) is 6.07 Å². The van der Waals surface area contributed by atoms with Crippen molar-refractivity contribution in [1.29, 1.82) is 0 Å². The molecule has 0 saturated heterocycles. The van der Waals surface area contributed by atoms with Crippen molar-refractivity contribution < 1.29 is 9.21 Å². The van der Waals surface area contributed by atoms with Crippen molar-refractivity contribution in [2.45, 2.75) is 52.9 Å². The molecule has 2 aliphatic heterocycles. The number of carbonyl (C=O) groups is 1. The summed E-state index contributed by atoms with van der Waals surface area (Å²) in [5, 5.41) is 4.02. The molecule has 1 N–H and O–H groups in total. The number of fused-ring (bicyclic) bond motifs is 2. The smallest absolute Gasteiger partial charge is 0.336 e. The fourth-order valence-corrected chi connectivity index (χ4v) is 4.32. The van der Waals surface area contributed by atoms with E-state index in [9.17, 15) is 9.59 Å². The van der Waals surface area contributed by atoms with Crippen LogP contribution >= 0.6 is 0 Å². The number of aryl methyl sites for hydroxylation is 2. The summed E-state index contributed by atoms with van der Waals surface area (Å²) in [6.45, 7) is 8.41. The SMILES string of the molecule is CC(C)(C)C(=O)NCCc1cc(=O)oc2c3c4c(cc12)CCCN4CCC3. The van der Waals surface area contributed by atoms with Gasteiger partial charge in [0.15, 0.2) is 0 Å². The minimum absolute atomic E-state index is 0.0258. The molecule has 5 heteroatoms. The Bertz CT molecular complexity index is 951. The zero-order chi connectivity index (χ0) is 19.2. The summed E-state index contributed by atoms with van der Waals surface area (Å²) in [6, 6.07) is 3.81. The molecule has 0 bridgehead atoms. The molecule has 2 aliphatic rings. The molecule has 1 aromatic carbocycles. The molecule has 4 rings (SSSR count). The molecule has 1 aromatic heterocycles. The fraction of sp³-hybridized carbons (Fsp3) is 0.545. The van der Waals surface area contributed by atoms with Crippen molar-refractivity contribution in [1.82, 2.24) is 5.32 Å². The number of nitrogens with zero attached hydrogens (tertiary/aromatic N) is 1. The Morgan fingerprint density at radius 1 is 1.19 bits per heavy atom. The Morgan fingerprint density at radius 2 is 1.93 bits per heavy atom. The summed E-state index contributed by atoms with van der Waals surface area (Å²) in [5.74, 6) is 0.0258. The van der Waals surface area contributed by atoms with Crippen molar-refractivity contribution in [2.24, 2.45) is 5.41 Å². The van der Waals surface area contributed by atoms with Gasteiger partial charge in [-0.05, 0) is 49.3 Å². The largest absolute Gasteiger partial charge is 0.422 e. The highest BCUT2D eigenvalue weighted by molar-refractivity contribution is 5.90. The quantitative estimate of drug-likeness (QED) is 0.845. The van der Waals surface area contributed by atoms with E-state index in [4.69, 9.17) is 4.42 Å². The third-order valence-electron chi connectivity index (χ3n) is 5.67. The number of anilines is 1. The molecular weight excluding hydrogens is 340 g/mol. The number of nitrogens with one attached hydrogen (secondary N) is 1. The number of rotatable bonds is 3. The molecular formula is C22H28N2O3. The maximum Gasteiger partial charge on any atom is 0.336 e. The van der Waals surface area contributed by atoms with Gasteiger partial charge in [0.2, 0.25) is 5.91 Å². The molecule has 0 radical (unpaired) electrons. The number of carbonyl (C=O) groups excluding carboxylic acids is 1. The van der Waals surface area contributed by atoms with Crippen LogP contribution in [-0.4, -0.2) is 25.5 Å². The lowest BCUT2D eigenvalue weighted by Crippen LogP contribution is -2.36. The molecule has 2 aromatic rings. The van der Waals surface area contributed by atoms with E-state index in [1.807, 2.05) is 20.8 Å². The molecule has 27 heavy (non-hydrogen) atoms. The van der Waals surface area contributed by atoms with Crippen LogP contribution in [0.5, 0.6) is 0 Å². The molecule has 144 valence electrons. The Hall–Kier alpha value is -2.30. The van der Waals surface area contributed by atoms with E-state index in [-0.39, 0.29) is 11.5 Å². The third kappa shape index (κ3) is 3.35. The highest BCUT2D eigenvalue weighted by Crippen LogP contribution is 2.40. The van der Waals surface area contributed by atoms with Gasteiger partial charge < -0.3 is 14.6 Å². The number of hydrogen-bond acceptors (Lipinski definition) is 4. The van der Waals surface area contributed by atoms with Gasteiger partial charge in [-0.1, -0.05) is 20.8 Å². The fourth-order valence-electron chi connectivity index (χ4n) is 4.32. The van der Waals surface area contributed by atoms with Crippen LogP contribution in [0, 0.1) is 5.41 Å². The zero-order valence-corrected chi connectivity index (χ0v) is 16.5. The van der Waals surface area contributed by atoms with Crippen molar-refractivity contribution in [2.75, 3.05) is 24.5 Å². The van der Waals surface area contributed by atoms with Crippen LogP contribution in [0.1, 0.15) is 50.3 Å². The summed E-state index contributed by atoms with van der Waals surface area (Å²) < 4.78 is 5.68. The summed E-state index contributed by atoms with van der Waals surface area (Å²) in [6.07, 6.45) is 4.94. The van der Waals surface area contributed by atoms with Gasteiger partial charge in [-0.25, -0.2) is 4.79 Å². The lowest BCUT2D eigenvalue weighted by atomic mass is 9.89. The molecule has 5 nitrogen and oxygen atoms in total. The first-order valence-corrected chi connectivity index (χ1v) is 9.99. The molecule has 0 unspecified atom stereocenters. The average Bonchev–Trinajstić information content (AvgIpc) is 2.62. The molecule has 0 fully saturated rings. The van der Waals surface area contributed by atoms with Crippen molar-refractivity contribution in [3.8, 4) is 0 Å². The lowest BCUT2D eigenvalue weighted by Gasteiger charge is -2.37. The third-order valence-corrected chi connectivity index (χ3v) is 5.67. The Kier molecular flexibility index (Phi) is 4.49. The van der Waals surface area contributed by atoms with Crippen LogP contribution in [0.15, 0.2) is 21.3 Å². The van der Waals surface area contributed by atoms with E-state index in [0.29, 0.717) is 13.0 Å². The maximum absolute atomic E-state index is 12.2. The zero-order valence-electron chi connectivity index (χ0n) is 16.5. The second-order valence-electron chi connectivity index (χ2n) is 8.78. The van der Waals surface area contributed by atoms with Gasteiger partial charge in [0.05, 0.1) is 0 Å². The molecule has 0 spiro atoms. The van der Waals surface area contributed by atoms with Gasteiger partial charge in [0.1, 0.15) is 5.58 Å². The maximum atomic E-state index is 12.2. The minimum atomic E-state index is -0.412. The van der Waals surface area contributed by atoms with Gasteiger partial charge in [-0.2, -0.15) is 0 Å². The molecule has 0 atom stereocenters. The van der Waals surface area contributed by atoms with E-state index in [1.165, 1.54) is 23.2 Å². The van der Waals surface area contributed by atoms with E-state index < -0.39 is 5.41 Å². The summed E-state index contributed by atoms with van der Waals surface area (Å²) in [4.78, 5) is 26.8. The van der Waals surface area contributed by atoms with Crippen LogP contribution in [0.4, 0.5) is 5.69 Å². The topological polar surface area (TPSA) is 62.6 Å². The number of benzene rings is 1. The van der Waals surface area contributed by atoms with E-state index >= 15 is 0 Å². The second-order valence-corrected chi connectivity index (χ2v) is 8.78. The standard InChI is InChI=1S/C22H28N2O3/c1-22(2,3)21(26)23-9-8-14-13-18(25)27-20-16-7-5-11-24-10-4-6-15(19(16)24)12-17(14)20/h12-13H,4-11H2,1-3H3,(H,23,26). The predicted octanol–water partition coefficient (Wildman–Crippen LogP) is 3.20. The first kappa shape index (κ1) is 18.1. The van der Waals surface area contributed by atoms with Gasteiger partial charge in [-0.3, -0.25) is 4.79 Å². The summed E-state index contributed by atoms with van der Waals surface area (Å²) in [7, 11) is 0. The second kappa shape index (κ2) is 6.70. The van der Waals surface area contributed by atoms with Crippen LogP contribution in [-0.2, 0) is 24.1 Å². The van der Waals surface area contributed by atoms with Crippen LogP contribution in [0.2, 0.25) is 0 Å². The van der Waals surface area contributed by atoms with E-state index in [0.717, 1.165) is 48.9 Å². The summed E-state index contributed by atoms with van der Waals surface area (Å²) in [5.41, 5.74) is 4.89. The first-order valence-electron chi connectivity index (χ1n) is 9.99. The highest BCUT2D eigenvalue weighted by Gasteiger charge is 2.27. The number of amides is 1. The molecule has 0 saturated carbocycles. The Balaban J connectivity index is 1.72. The Labute approximate surface area is 159 Å². The normalized spacial score (nSPS) is 16.3. The lowest BCUT2D eigenvalue weighted by molar-refractivity contribution is -0.128. The average molecular weight is 368 g/mol. The molecule has 1 amide bonds. The summed E-state index contributed by atoms with van der Waals surface area (Å²) >= 11 is 0. The van der Waals surface area contributed by atoms with Crippen LogP contribution < -0.4 is 15.8 Å². The molecule has 0 aliphatic carbocycles. The highest BCUT2D eigenvalue weighted by atomic mass is 16.4. The van der Waals surface area contributed by atoms with Gasteiger partial charge in [-0.15, -0.1) is 0 Å². The van der Waals surface area contributed by atoms with Gasteiger partial charge >= 0.3 is 5.63 Å². The van der Waals surface area contributed by atoms with Gasteiger partial charge in [0.25, 0.3) is 0 Å². The predicted molar refractivity (Wildman–Crippen MR) is 108 cm³/mol. The van der Waals surface area contributed by atoms with Crippen molar-refractivity contribution in [3.63, 3.8) is 0 Å². The minimum Gasteiger partial charge on any atom is -0.422 e. The van der Waals surface area contributed by atoms with Crippen molar-refractivity contribution >= 4 is 22.6 Å². The monoisotopic (exact) mass is 368 g/mol. The van der Waals surface area contributed by atoms with Crippen LogP contribution in [0.25, 0.3) is 11.0 Å². The molecule has 3 heterocycles.